The molecule has 1 atom stereocenters. The molecule has 2 aromatic carbocycles. The third-order valence-corrected chi connectivity index (χ3v) is 5.07. The lowest BCUT2D eigenvalue weighted by molar-refractivity contribution is -0.765. The molecule has 0 aliphatic heterocycles. The molecule has 0 saturated heterocycles. The van der Waals surface area contributed by atoms with Crippen molar-refractivity contribution in [2.24, 2.45) is 0 Å². The van der Waals surface area contributed by atoms with Crippen LogP contribution in [0.5, 0.6) is 0 Å². The molecule has 1 aliphatic carbocycles. The van der Waals surface area contributed by atoms with E-state index in [1.54, 1.807) is 12.1 Å². The van der Waals surface area contributed by atoms with Crippen LogP contribution in [0.3, 0.4) is 0 Å². The lowest BCUT2D eigenvalue weighted by atomic mass is 9.68. The van der Waals surface area contributed by atoms with Gasteiger partial charge in [-0.25, -0.2) is 0 Å². The van der Waals surface area contributed by atoms with Gasteiger partial charge in [0.2, 0.25) is 0 Å². The van der Waals surface area contributed by atoms with Crippen molar-refractivity contribution in [3.63, 3.8) is 0 Å². The molecule has 2 N–H and O–H groups in total. The predicted molar refractivity (Wildman–Crippen MR) is 102 cm³/mol. The molecule has 28 heavy (non-hydrogen) atoms. The largest absolute Gasteiger partial charge is 0.497 e. The number of aliphatic hydroxyl groups excluding tert-OH is 2. The molecule has 0 saturated carbocycles. The van der Waals surface area contributed by atoms with E-state index < -0.39 is 34.1 Å². The predicted octanol–water partition coefficient (Wildman–Crippen LogP) is 2.32. The van der Waals surface area contributed by atoms with Gasteiger partial charge >= 0.3 is 5.66 Å². The van der Waals surface area contributed by atoms with E-state index in [4.69, 9.17) is 0 Å². The first kappa shape index (κ1) is 19.4. The Hall–Kier alpha value is -3.36. The summed E-state index contributed by atoms with van der Waals surface area (Å²) in [5, 5.41) is 43.0. The van der Waals surface area contributed by atoms with Gasteiger partial charge in [0.05, 0.1) is 30.8 Å². The first-order valence-electron chi connectivity index (χ1n) is 8.49. The number of nitrogens with zero attached hydrogens (tertiary/aromatic N) is 2. The van der Waals surface area contributed by atoms with Crippen LogP contribution >= 0.6 is 0 Å². The average Bonchev–Trinajstić information content (AvgIpc) is 2.73. The zero-order valence-corrected chi connectivity index (χ0v) is 14.8. The van der Waals surface area contributed by atoms with Gasteiger partial charge in [0, 0.05) is 0 Å². The summed E-state index contributed by atoms with van der Waals surface area (Å²) in [6, 6.07) is 16.4. The Balaban J connectivity index is 2.26. The summed E-state index contributed by atoms with van der Waals surface area (Å²) in [6.45, 7) is -1.21. The first-order chi connectivity index (χ1) is 13.4. The van der Waals surface area contributed by atoms with E-state index in [9.17, 15) is 30.4 Å². The molecule has 1 aliphatic rings. The van der Waals surface area contributed by atoms with Crippen LogP contribution in [0.4, 0.5) is 0 Å². The highest BCUT2D eigenvalue weighted by Gasteiger charge is 2.56. The Morgan fingerprint density at radius 2 is 1.46 bits per heavy atom. The highest BCUT2D eigenvalue weighted by Crippen LogP contribution is 2.43. The molecule has 144 valence electrons. The highest BCUT2D eigenvalue weighted by atomic mass is 16.7. The van der Waals surface area contributed by atoms with E-state index in [0.29, 0.717) is 5.56 Å². The van der Waals surface area contributed by atoms with E-state index in [-0.39, 0.29) is 5.57 Å². The molecular formula is C20H18N2O6. The third kappa shape index (κ3) is 2.88. The lowest BCUT2D eigenvalue weighted by Gasteiger charge is -2.36. The topological polar surface area (TPSA) is 127 Å². The second kappa shape index (κ2) is 7.34. The summed E-state index contributed by atoms with van der Waals surface area (Å²) in [4.78, 5) is 20.8. The Kier molecular flexibility index (Phi) is 5.08. The first-order valence-corrected chi connectivity index (χ1v) is 8.49. The van der Waals surface area contributed by atoms with Crippen molar-refractivity contribution in [3.05, 3.63) is 104 Å². The molecule has 0 spiro atoms. The summed E-state index contributed by atoms with van der Waals surface area (Å²) >= 11 is 0. The fraction of sp³-hybridized carbons (Fsp3) is 0.200. The van der Waals surface area contributed by atoms with Gasteiger partial charge < -0.3 is 10.2 Å². The molecule has 0 radical (unpaired) electrons. The van der Waals surface area contributed by atoms with Crippen molar-refractivity contribution in [2.75, 3.05) is 13.2 Å². The molecule has 0 amide bonds. The Bertz CT molecular complexity index is 956. The maximum absolute atomic E-state index is 11.4. The fourth-order valence-electron chi connectivity index (χ4n) is 3.53. The SMILES string of the molecule is O=[N+]([O-])C1([N+](=O)[O-])C=CC(CO)(c2ccccc2-c2ccccc2)C(CO)=C1. The van der Waals surface area contributed by atoms with Crippen molar-refractivity contribution in [1.29, 1.82) is 0 Å². The lowest BCUT2D eigenvalue weighted by Crippen LogP contribution is -2.48. The van der Waals surface area contributed by atoms with Gasteiger partial charge in [0.1, 0.15) is 9.85 Å². The van der Waals surface area contributed by atoms with Gasteiger partial charge in [-0.15, -0.1) is 0 Å². The smallest absolute Gasteiger partial charge is 0.395 e. The third-order valence-electron chi connectivity index (χ3n) is 5.07. The molecule has 0 fully saturated rings. The highest BCUT2D eigenvalue weighted by molar-refractivity contribution is 5.71. The molecule has 0 aromatic heterocycles. The molecule has 3 rings (SSSR count). The van der Waals surface area contributed by atoms with Gasteiger partial charge in [-0.05, 0) is 22.3 Å². The van der Waals surface area contributed by atoms with Crippen LogP contribution in [0.25, 0.3) is 11.1 Å². The summed E-state index contributed by atoms with van der Waals surface area (Å²) < 4.78 is 0. The van der Waals surface area contributed by atoms with Gasteiger partial charge in [0.25, 0.3) is 0 Å². The van der Waals surface area contributed by atoms with E-state index in [0.717, 1.165) is 23.3 Å². The summed E-state index contributed by atoms with van der Waals surface area (Å²) in [5.41, 5.74) is -1.84. The quantitative estimate of drug-likeness (QED) is 0.342. The van der Waals surface area contributed by atoms with Crippen LogP contribution in [0.2, 0.25) is 0 Å². The van der Waals surface area contributed by atoms with E-state index in [1.165, 1.54) is 6.08 Å². The molecular weight excluding hydrogens is 364 g/mol. The standard InChI is InChI=1S/C20H18N2O6/c23-13-16-12-20(21(25)26,22(27)28)11-10-19(16,14-24)18-9-5-4-8-17(18)15-6-2-1-3-7-15/h1-12,23-24H,13-14H2. The van der Waals surface area contributed by atoms with Gasteiger partial charge in [-0.2, -0.15) is 0 Å². The van der Waals surface area contributed by atoms with E-state index in [1.807, 2.05) is 42.5 Å². The van der Waals surface area contributed by atoms with E-state index in [2.05, 4.69) is 0 Å². The van der Waals surface area contributed by atoms with Crippen LogP contribution in [-0.4, -0.2) is 38.9 Å². The van der Waals surface area contributed by atoms with Crippen LogP contribution in [0.1, 0.15) is 5.56 Å². The molecule has 8 nitrogen and oxygen atoms in total. The van der Waals surface area contributed by atoms with Crippen molar-refractivity contribution in [3.8, 4) is 11.1 Å². The Morgan fingerprint density at radius 3 is 2.04 bits per heavy atom. The number of hydrogen-bond acceptors (Lipinski definition) is 6. The van der Waals surface area contributed by atoms with E-state index >= 15 is 0 Å². The van der Waals surface area contributed by atoms with Crippen molar-refractivity contribution in [1.82, 2.24) is 0 Å². The Labute approximate surface area is 160 Å². The number of hydrogen-bond donors (Lipinski definition) is 2. The number of nitro groups is 2. The molecule has 1 unspecified atom stereocenters. The van der Waals surface area contributed by atoms with Crippen LogP contribution in [0.15, 0.2) is 78.4 Å². The normalized spacial score (nSPS) is 20.4. The molecule has 0 heterocycles. The number of rotatable bonds is 6. The minimum atomic E-state index is -2.68. The fourth-order valence-corrected chi connectivity index (χ4v) is 3.53. The zero-order chi connectivity index (χ0) is 20.4. The summed E-state index contributed by atoms with van der Waals surface area (Å²) in [7, 11) is 0. The van der Waals surface area contributed by atoms with Gasteiger partial charge in [-0.1, -0.05) is 60.7 Å². The number of benzene rings is 2. The van der Waals surface area contributed by atoms with Crippen molar-refractivity contribution >= 4 is 0 Å². The Morgan fingerprint density at radius 1 is 0.857 bits per heavy atom. The molecule has 8 heteroatoms. The second-order valence-electron chi connectivity index (χ2n) is 6.50. The van der Waals surface area contributed by atoms with Crippen LogP contribution in [0, 0.1) is 20.2 Å². The van der Waals surface area contributed by atoms with Crippen LogP contribution < -0.4 is 0 Å². The molecule has 2 aromatic rings. The van der Waals surface area contributed by atoms with Crippen molar-refractivity contribution < 1.29 is 20.1 Å². The van der Waals surface area contributed by atoms with Gasteiger partial charge in [0.15, 0.2) is 0 Å². The minimum absolute atomic E-state index is 0.00530. The molecule has 0 bridgehead atoms. The van der Waals surface area contributed by atoms with Crippen molar-refractivity contribution in [2.45, 2.75) is 11.1 Å². The van der Waals surface area contributed by atoms with Crippen LogP contribution in [-0.2, 0) is 5.41 Å². The second-order valence-corrected chi connectivity index (χ2v) is 6.50. The summed E-state index contributed by atoms with van der Waals surface area (Å²) in [6.07, 6.45) is 2.95. The zero-order valence-electron chi connectivity index (χ0n) is 14.8. The number of aliphatic hydroxyl groups is 2. The summed E-state index contributed by atoms with van der Waals surface area (Å²) in [5.74, 6) is 0. The monoisotopic (exact) mass is 382 g/mol. The maximum atomic E-state index is 11.4. The van der Waals surface area contributed by atoms with Gasteiger partial charge in [-0.3, -0.25) is 20.2 Å². The average molecular weight is 382 g/mol. The maximum Gasteiger partial charge on any atom is 0.497 e. The minimum Gasteiger partial charge on any atom is -0.395 e.